The molecule has 9 heteroatoms. The second-order valence-electron chi connectivity index (χ2n) is 10.2. The Hall–Kier alpha value is -1.71. The number of hydrogen-bond donors (Lipinski definition) is 1. The Morgan fingerprint density at radius 3 is 2.68 bits per heavy atom. The monoisotopic (exact) mass is 450 g/mol. The van der Waals surface area contributed by atoms with Gasteiger partial charge in [-0.1, -0.05) is 26.6 Å². The molecule has 2 heterocycles. The van der Waals surface area contributed by atoms with Crippen molar-refractivity contribution in [3.05, 3.63) is 17.5 Å². The normalized spacial score (nSPS) is 20.2. The molecule has 1 aliphatic carbocycles. The van der Waals surface area contributed by atoms with Crippen LogP contribution >= 0.6 is 0 Å². The van der Waals surface area contributed by atoms with Gasteiger partial charge in [0.2, 0.25) is 5.91 Å². The predicted octanol–water partition coefficient (Wildman–Crippen LogP) is 2.69. The van der Waals surface area contributed by atoms with Crippen LogP contribution in [0.1, 0.15) is 48.3 Å². The standard InChI is InChI=1S/C22H38N4O4Si/c1-16(14-29-2)19-12-20(26(24-19)15-30-10-11-31(3,4)5)22(28)25-9-8-18(13-25)23-21(27)17-6-7-17/h12,16-18H,6-11,13-15H2,1-5H3,(H,23,27). The number of hydrogen-bond acceptors (Lipinski definition) is 5. The Balaban J connectivity index is 1.65. The lowest BCUT2D eigenvalue weighted by Gasteiger charge is -2.18. The fourth-order valence-electron chi connectivity index (χ4n) is 3.70. The number of carbonyl (C=O) groups is 2. The first-order chi connectivity index (χ1) is 14.7. The zero-order valence-corrected chi connectivity index (χ0v) is 20.6. The Morgan fingerprint density at radius 2 is 2.03 bits per heavy atom. The molecule has 1 saturated heterocycles. The van der Waals surface area contributed by atoms with Gasteiger partial charge in [0.05, 0.1) is 12.3 Å². The zero-order chi connectivity index (χ0) is 22.6. The molecule has 1 aromatic heterocycles. The van der Waals surface area contributed by atoms with Crippen molar-refractivity contribution in [3.63, 3.8) is 0 Å². The summed E-state index contributed by atoms with van der Waals surface area (Å²) in [5.41, 5.74) is 1.37. The molecule has 1 N–H and O–H groups in total. The summed E-state index contributed by atoms with van der Waals surface area (Å²) in [6.07, 6.45) is 2.76. The van der Waals surface area contributed by atoms with Crippen molar-refractivity contribution in [2.75, 3.05) is 33.4 Å². The molecule has 0 aromatic carbocycles. The fourth-order valence-corrected chi connectivity index (χ4v) is 4.46. The van der Waals surface area contributed by atoms with Crippen molar-refractivity contribution in [1.82, 2.24) is 20.0 Å². The van der Waals surface area contributed by atoms with E-state index >= 15 is 0 Å². The van der Waals surface area contributed by atoms with E-state index in [1.807, 2.05) is 17.9 Å². The van der Waals surface area contributed by atoms with Gasteiger partial charge in [0.1, 0.15) is 12.4 Å². The van der Waals surface area contributed by atoms with Gasteiger partial charge >= 0.3 is 0 Å². The highest BCUT2D eigenvalue weighted by Gasteiger charge is 2.34. The summed E-state index contributed by atoms with van der Waals surface area (Å²) in [5, 5.41) is 7.76. The number of rotatable bonds is 11. The van der Waals surface area contributed by atoms with Gasteiger partial charge in [-0.05, 0) is 31.4 Å². The number of likely N-dealkylation sites (tertiary alicyclic amines) is 1. The van der Waals surface area contributed by atoms with Crippen molar-refractivity contribution in [2.24, 2.45) is 5.92 Å². The van der Waals surface area contributed by atoms with E-state index in [0.29, 0.717) is 32.0 Å². The van der Waals surface area contributed by atoms with Gasteiger partial charge in [0.15, 0.2) is 0 Å². The molecule has 1 saturated carbocycles. The number of ether oxygens (including phenoxy) is 2. The van der Waals surface area contributed by atoms with Crippen LogP contribution in [0.4, 0.5) is 0 Å². The lowest BCUT2D eigenvalue weighted by atomic mass is 10.1. The second kappa shape index (κ2) is 10.3. The predicted molar refractivity (Wildman–Crippen MR) is 122 cm³/mol. The summed E-state index contributed by atoms with van der Waals surface area (Å²) >= 11 is 0. The average Bonchev–Trinajstić information content (AvgIpc) is 3.31. The van der Waals surface area contributed by atoms with Crippen LogP contribution in [0.2, 0.25) is 25.7 Å². The number of carbonyl (C=O) groups excluding carboxylic acids is 2. The van der Waals surface area contributed by atoms with Crippen molar-refractivity contribution in [2.45, 2.75) is 70.6 Å². The van der Waals surface area contributed by atoms with Gasteiger partial charge in [0, 0.05) is 52.8 Å². The third-order valence-corrected chi connectivity index (χ3v) is 7.62. The lowest BCUT2D eigenvalue weighted by Crippen LogP contribution is -2.39. The van der Waals surface area contributed by atoms with Gasteiger partial charge < -0.3 is 19.7 Å². The summed E-state index contributed by atoms with van der Waals surface area (Å²) in [4.78, 5) is 27.2. The fraction of sp³-hybridized carbons (Fsp3) is 0.773. The lowest BCUT2D eigenvalue weighted by molar-refractivity contribution is -0.122. The molecule has 0 radical (unpaired) electrons. The van der Waals surface area contributed by atoms with Gasteiger partial charge in [-0.25, -0.2) is 4.68 Å². The molecule has 0 bridgehead atoms. The van der Waals surface area contributed by atoms with E-state index in [1.54, 1.807) is 11.8 Å². The van der Waals surface area contributed by atoms with Crippen LogP contribution in [0.3, 0.4) is 0 Å². The Bertz CT molecular complexity index is 772. The maximum atomic E-state index is 13.3. The minimum Gasteiger partial charge on any atom is -0.384 e. The highest BCUT2D eigenvalue weighted by atomic mass is 28.3. The van der Waals surface area contributed by atoms with E-state index in [2.05, 4.69) is 30.1 Å². The van der Waals surface area contributed by atoms with Crippen LogP contribution in [-0.4, -0.2) is 74.0 Å². The maximum absolute atomic E-state index is 13.3. The first kappa shape index (κ1) is 23.9. The van der Waals surface area contributed by atoms with E-state index < -0.39 is 8.07 Å². The van der Waals surface area contributed by atoms with E-state index in [0.717, 1.165) is 31.0 Å². The van der Waals surface area contributed by atoms with Crippen LogP contribution in [0.15, 0.2) is 6.07 Å². The van der Waals surface area contributed by atoms with Crippen molar-refractivity contribution in [1.29, 1.82) is 0 Å². The molecule has 3 rings (SSSR count). The first-order valence-corrected chi connectivity index (χ1v) is 15.1. The quantitative estimate of drug-likeness (QED) is 0.414. The number of nitrogens with zero attached hydrogens (tertiary/aromatic N) is 3. The molecule has 2 fully saturated rings. The third-order valence-electron chi connectivity index (χ3n) is 5.92. The molecule has 8 nitrogen and oxygen atoms in total. The highest BCUT2D eigenvalue weighted by molar-refractivity contribution is 6.76. The Morgan fingerprint density at radius 1 is 1.29 bits per heavy atom. The van der Waals surface area contributed by atoms with Crippen LogP contribution in [-0.2, 0) is 21.0 Å². The van der Waals surface area contributed by atoms with E-state index in [-0.39, 0.29) is 36.4 Å². The molecular weight excluding hydrogens is 412 g/mol. The smallest absolute Gasteiger partial charge is 0.272 e. The number of amides is 2. The van der Waals surface area contributed by atoms with E-state index in [4.69, 9.17) is 9.47 Å². The first-order valence-electron chi connectivity index (χ1n) is 11.4. The maximum Gasteiger partial charge on any atom is 0.272 e. The average molecular weight is 451 g/mol. The summed E-state index contributed by atoms with van der Waals surface area (Å²) in [7, 11) is 0.485. The molecular formula is C22H38N4O4Si. The van der Waals surface area contributed by atoms with Gasteiger partial charge in [-0.3, -0.25) is 9.59 Å². The molecule has 1 aliphatic heterocycles. The van der Waals surface area contributed by atoms with Crippen LogP contribution < -0.4 is 5.32 Å². The molecule has 2 aliphatic rings. The van der Waals surface area contributed by atoms with Crippen molar-refractivity contribution in [3.8, 4) is 0 Å². The van der Waals surface area contributed by atoms with Crippen LogP contribution in [0.25, 0.3) is 0 Å². The van der Waals surface area contributed by atoms with E-state index in [1.165, 1.54) is 0 Å². The van der Waals surface area contributed by atoms with Crippen LogP contribution in [0.5, 0.6) is 0 Å². The minimum atomic E-state index is -1.18. The minimum absolute atomic E-state index is 0.0355. The van der Waals surface area contributed by atoms with E-state index in [9.17, 15) is 9.59 Å². The topological polar surface area (TPSA) is 85.7 Å². The molecule has 2 atom stereocenters. The highest BCUT2D eigenvalue weighted by Crippen LogP contribution is 2.29. The Labute approximate surface area is 186 Å². The zero-order valence-electron chi connectivity index (χ0n) is 19.6. The molecule has 2 amide bonds. The molecule has 31 heavy (non-hydrogen) atoms. The molecule has 1 aromatic rings. The van der Waals surface area contributed by atoms with Crippen LogP contribution in [0, 0.1) is 5.92 Å². The molecule has 174 valence electrons. The summed E-state index contributed by atoms with van der Waals surface area (Å²) in [5.74, 6) is 0.351. The number of nitrogens with one attached hydrogen (secondary N) is 1. The molecule has 2 unspecified atom stereocenters. The summed E-state index contributed by atoms with van der Waals surface area (Å²) in [6.45, 7) is 11.6. The summed E-state index contributed by atoms with van der Waals surface area (Å²) < 4.78 is 12.8. The van der Waals surface area contributed by atoms with Crippen molar-refractivity contribution >= 4 is 19.9 Å². The molecule has 0 spiro atoms. The van der Waals surface area contributed by atoms with Crippen molar-refractivity contribution < 1.29 is 19.1 Å². The number of aromatic nitrogens is 2. The number of methoxy groups -OCH3 is 1. The SMILES string of the molecule is COCC(C)c1cc(C(=O)N2CCC(NC(=O)C3CC3)C2)n(COCC[Si](C)(C)C)n1. The Kier molecular flexibility index (Phi) is 7.93. The summed E-state index contributed by atoms with van der Waals surface area (Å²) in [6, 6.07) is 2.97. The second-order valence-corrected chi connectivity index (χ2v) is 15.8. The van der Waals surface area contributed by atoms with Gasteiger partial charge in [0.25, 0.3) is 5.91 Å². The van der Waals surface area contributed by atoms with Gasteiger partial charge in [-0.15, -0.1) is 0 Å². The third kappa shape index (κ3) is 6.88. The van der Waals surface area contributed by atoms with Gasteiger partial charge in [-0.2, -0.15) is 5.10 Å². The largest absolute Gasteiger partial charge is 0.384 e.